The summed E-state index contributed by atoms with van der Waals surface area (Å²) in [5, 5.41) is 5.49. The summed E-state index contributed by atoms with van der Waals surface area (Å²) in [6, 6.07) is 7.25. The van der Waals surface area contributed by atoms with Gasteiger partial charge in [0.2, 0.25) is 0 Å². The minimum Gasteiger partial charge on any atom is -0.453 e. The molecule has 2 aromatic rings. The van der Waals surface area contributed by atoms with Crippen molar-refractivity contribution in [3.63, 3.8) is 0 Å². The van der Waals surface area contributed by atoms with Crippen molar-refractivity contribution in [3.05, 3.63) is 51.4 Å². The summed E-state index contributed by atoms with van der Waals surface area (Å²) in [5.74, 6) is -0.823. The first-order chi connectivity index (χ1) is 12.0. The number of carbonyl (C=O) groups is 3. The molecule has 3 amide bonds. The predicted octanol–water partition coefficient (Wildman–Crippen LogP) is 3.29. The molecule has 0 saturated heterocycles. The number of ether oxygens (including phenoxy) is 1. The zero-order valence-corrected chi connectivity index (χ0v) is 14.8. The normalized spacial score (nSPS) is 12.4. The van der Waals surface area contributed by atoms with Gasteiger partial charge in [-0.3, -0.25) is 14.9 Å². The molecule has 1 heterocycles. The lowest BCUT2D eigenvalue weighted by molar-refractivity contribution is 0.0937. The van der Waals surface area contributed by atoms with Crippen LogP contribution in [0.2, 0.25) is 0 Å². The average molecular weight is 358 g/mol. The Morgan fingerprint density at radius 2 is 1.88 bits per heavy atom. The van der Waals surface area contributed by atoms with E-state index in [1.807, 2.05) is 19.1 Å². The summed E-state index contributed by atoms with van der Waals surface area (Å²) in [6.45, 7) is 1.86. The van der Waals surface area contributed by atoms with E-state index in [4.69, 9.17) is 0 Å². The van der Waals surface area contributed by atoms with Gasteiger partial charge in [0, 0.05) is 10.4 Å². The molecule has 1 aromatic heterocycles. The molecule has 0 fully saturated rings. The van der Waals surface area contributed by atoms with E-state index >= 15 is 0 Å². The number of methoxy groups -OCH3 is 1. The fourth-order valence-corrected chi connectivity index (χ4v) is 4.22. The summed E-state index contributed by atoms with van der Waals surface area (Å²) in [7, 11) is 1.20. The maximum Gasteiger partial charge on any atom is 0.413 e. The number of alkyl carbamates (subject to hydrolysis) is 1. The van der Waals surface area contributed by atoms with Crippen LogP contribution in [-0.4, -0.2) is 25.0 Å². The quantitative estimate of drug-likeness (QED) is 0.882. The van der Waals surface area contributed by atoms with Gasteiger partial charge < -0.3 is 10.1 Å². The molecular weight excluding hydrogens is 340 g/mol. The number of anilines is 1. The molecular formula is C18H18N2O4S. The highest BCUT2D eigenvalue weighted by Crippen LogP contribution is 2.39. The first-order valence-electron chi connectivity index (χ1n) is 7.92. The third kappa shape index (κ3) is 3.41. The van der Waals surface area contributed by atoms with Crippen LogP contribution in [0, 0.1) is 6.92 Å². The summed E-state index contributed by atoms with van der Waals surface area (Å²) in [5.41, 5.74) is 2.68. The van der Waals surface area contributed by atoms with Gasteiger partial charge in [0.15, 0.2) is 0 Å². The smallest absolute Gasteiger partial charge is 0.413 e. The lowest BCUT2D eigenvalue weighted by atomic mass is 10.1. The predicted molar refractivity (Wildman–Crippen MR) is 95.3 cm³/mol. The number of rotatable bonds is 3. The summed E-state index contributed by atoms with van der Waals surface area (Å²) >= 11 is 1.40. The highest BCUT2D eigenvalue weighted by molar-refractivity contribution is 7.17. The van der Waals surface area contributed by atoms with E-state index in [0.717, 1.165) is 35.3 Å². The third-order valence-electron chi connectivity index (χ3n) is 4.17. The first kappa shape index (κ1) is 17.2. The van der Waals surface area contributed by atoms with Gasteiger partial charge in [-0.25, -0.2) is 4.79 Å². The number of benzene rings is 1. The molecule has 1 aliphatic rings. The Labute approximate surface area is 149 Å². The molecule has 1 aliphatic carbocycles. The topological polar surface area (TPSA) is 84.5 Å². The standard InChI is InChI=1S/C18H18N2O4S/c1-10-6-3-4-7-11(10)15(21)19-17-14(16(22)20-18(23)24-2)12-8-5-9-13(12)25-17/h3-4,6-7H,5,8-9H2,1-2H3,(H,19,21)(H,20,22,23). The number of carbonyl (C=O) groups excluding carboxylic acids is 3. The molecule has 0 bridgehead atoms. The number of imide groups is 1. The first-order valence-corrected chi connectivity index (χ1v) is 8.73. The van der Waals surface area contributed by atoms with E-state index in [9.17, 15) is 14.4 Å². The van der Waals surface area contributed by atoms with Crippen molar-refractivity contribution in [2.24, 2.45) is 0 Å². The molecule has 0 atom stereocenters. The van der Waals surface area contributed by atoms with Crippen LogP contribution in [0.3, 0.4) is 0 Å². The van der Waals surface area contributed by atoms with Crippen LogP contribution in [0.5, 0.6) is 0 Å². The van der Waals surface area contributed by atoms with Crippen molar-refractivity contribution >= 4 is 34.2 Å². The highest BCUT2D eigenvalue weighted by Gasteiger charge is 2.28. The number of amides is 3. The Morgan fingerprint density at radius 3 is 2.60 bits per heavy atom. The van der Waals surface area contributed by atoms with Crippen LogP contribution in [0.4, 0.5) is 9.80 Å². The number of fused-ring (bicyclic) bond motifs is 1. The molecule has 25 heavy (non-hydrogen) atoms. The van der Waals surface area contributed by atoms with Gasteiger partial charge in [-0.15, -0.1) is 11.3 Å². The van der Waals surface area contributed by atoms with Crippen LogP contribution in [0.25, 0.3) is 0 Å². The summed E-state index contributed by atoms with van der Waals surface area (Å²) in [4.78, 5) is 37.5. The average Bonchev–Trinajstić information content (AvgIpc) is 3.15. The third-order valence-corrected chi connectivity index (χ3v) is 5.37. The number of hydrogen-bond donors (Lipinski definition) is 2. The molecule has 0 spiro atoms. The van der Waals surface area contributed by atoms with E-state index in [1.165, 1.54) is 18.4 Å². The molecule has 2 N–H and O–H groups in total. The molecule has 0 unspecified atom stereocenters. The lowest BCUT2D eigenvalue weighted by Gasteiger charge is -2.09. The highest BCUT2D eigenvalue weighted by atomic mass is 32.1. The van der Waals surface area contributed by atoms with Gasteiger partial charge in [0.05, 0.1) is 12.7 Å². The molecule has 0 saturated carbocycles. The Bertz CT molecular complexity index is 857. The molecule has 6 nitrogen and oxygen atoms in total. The summed E-state index contributed by atoms with van der Waals surface area (Å²) < 4.78 is 4.49. The van der Waals surface area contributed by atoms with Gasteiger partial charge in [-0.2, -0.15) is 0 Å². The van der Waals surface area contributed by atoms with E-state index in [1.54, 1.807) is 12.1 Å². The molecule has 0 radical (unpaired) electrons. The fraction of sp³-hybridized carbons (Fsp3) is 0.278. The van der Waals surface area contributed by atoms with E-state index in [0.29, 0.717) is 16.1 Å². The van der Waals surface area contributed by atoms with Crippen molar-refractivity contribution in [2.75, 3.05) is 12.4 Å². The largest absolute Gasteiger partial charge is 0.453 e. The Morgan fingerprint density at radius 1 is 1.12 bits per heavy atom. The monoisotopic (exact) mass is 358 g/mol. The summed E-state index contributed by atoms with van der Waals surface area (Å²) in [6.07, 6.45) is 1.78. The number of nitrogens with one attached hydrogen (secondary N) is 2. The van der Waals surface area contributed by atoms with E-state index < -0.39 is 12.0 Å². The van der Waals surface area contributed by atoms with Crippen LogP contribution >= 0.6 is 11.3 Å². The maximum absolute atomic E-state index is 12.6. The van der Waals surface area contributed by atoms with Crippen LogP contribution < -0.4 is 10.6 Å². The molecule has 130 valence electrons. The van der Waals surface area contributed by atoms with Crippen LogP contribution in [0.1, 0.15) is 43.1 Å². The van der Waals surface area contributed by atoms with Crippen molar-refractivity contribution in [3.8, 4) is 0 Å². The molecule has 7 heteroatoms. The number of thiophene rings is 1. The van der Waals surface area contributed by atoms with Gasteiger partial charge in [-0.05, 0) is 43.4 Å². The van der Waals surface area contributed by atoms with Crippen LogP contribution in [-0.2, 0) is 17.6 Å². The van der Waals surface area contributed by atoms with Gasteiger partial charge in [0.25, 0.3) is 11.8 Å². The fourth-order valence-electron chi connectivity index (χ4n) is 2.94. The SMILES string of the molecule is COC(=O)NC(=O)c1c(NC(=O)c2ccccc2C)sc2c1CCC2. The van der Waals surface area contributed by atoms with Crippen LogP contribution in [0.15, 0.2) is 24.3 Å². The second-order valence-electron chi connectivity index (χ2n) is 5.78. The number of hydrogen-bond acceptors (Lipinski definition) is 5. The van der Waals surface area contributed by atoms with Gasteiger partial charge in [0.1, 0.15) is 5.00 Å². The molecule has 1 aromatic carbocycles. The lowest BCUT2D eigenvalue weighted by Crippen LogP contribution is -2.31. The molecule has 3 rings (SSSR count). The minimum absolute atomic E-state index is 0.273. The number of aryl methyl sites for hydroxylation is 2. The van der Waals surface area contributed by atoms with Crippen molar-refractivity contribution in [1.29, 1.82) is 0 Å². The second-order valence-corrected chi connectivity index (χ2v) is 6.88. The zero-order chi connectivity index (χ0) is 18.0. The van der Waals surface area contributed by atoms with Gasteiger partial charge >= 0.3 is 6.09 Å². The maximum atomic E-state index is 12.6. The van der Waals surface area contributed by atoms with E-state index in [-0.39, 0.29) is 5.91 Å². The van der Waals surface area contributed by atoms with E-state index in [2.05, 4.69) is 15.4 Å². The van der Waals surface area contributed by atoms with Crippen molar-refractivity contribution in [2.45, 2.75) is 26.2 Å². The molecule has 0 aliphatic heterocycles. The van der Waals surface area contributed by atoms with Crippen molar-refractivity contribution < 1.29 is 19.1 Å². The zero-order valence-electron chi connectivity index (χ0n) is 14.0. The Hall–Kier alpha value is -2.67. The Balaban J connectivity index is 1.91. The van der Waals surface area contributed by atoms with Crippen molar-refractivity contribution in [1.82, 2.24) is 5.32 Å². The second kappa shape index (κ2) is 7.06. The minimum atomic E-state index is -0.820. The Kier molecular flexibility index (Phi) is 4.85. The van der Waals surface area contributed by atoms with Gasteiger partial charge in [-0.1, -0.05) is 18.2 Å².